The first-order valence-corrected chi connectivity index (χ1v) is 9.86. The largest absolute Gasteiger partial charge is 0.0625 e. The van der Waals surface area contributed by atoms with Gasteiger partial charge in [0.25, 0.3) is 0 Å². The zero-order chi connectivity index (χ0) is 14.9. The van der Waals surface area contributed by atoms with Crippen LogP contribution in [0.2, 0.25) is 0 Å². The molecule has 0 heteroatoms. The molecule has 2 saturated carbocycles. The van der Waals surface area contributed by atoms with Gasteiger partial charge in [0, 0.05) is 0 Å². The van der Waals surface area contributed by atoms with E-state index in [1.807, 2.05) is 0 Å². The molecule has 3 aliphatic rings. The van der Waals surface area contributed by atoms with Gasteiger partial charge in [0.15, 0.2) is 0 Å². The SMILES string of the molecule is CC1CCC(C2CCC(C3Cc4ccccc4C3)CC2)CC1. The van der Waals surface area contributed by atoms with Crippen molar-refractivity contribution in [3.63, 3.8) is 0 Å². The van der Waals surface area contributed by atoms with Crippen molar-refractivity contribution in [1.82, 2.24) is 0 Å². The summed E-state index contributed by atoms with van der Waals surface area (Å²) in [4.78, 5) is 0. The third-order valence-corrected chi connectivity index (χ3v) is 7.29. The summed E-state index contributed by atoms with van der Waals surface area (Å²) >= 11 is 0. The minimum absolute atomic E-state index is 0.963. The summed E-state index contributed by atoms with van der Waals surface area (Å²) in [6, 6.07) is 9.18. The first-order chi connectivity index (χ1) is 10.8. The quantitative estimate of drug-likeness (QED) is 0.624. The van der Waals surface area contributed by atoms with Crippen LogP contribution >= 0.6 is 0 Å². The molecule has 2 fully saturated rings. The normalized spacial score (nSPS) is 36.2. The molecule has 22 heavy (non-hydrogen) atoms. The highest BCUT2D eigenvalue weighted by Crippen LogP contribution is 2.45. The van der Waals surface area contributed by atoms with Crippen molar-refractivity contribution in [2.45, 2.75) is 71.1 Å². The van der Waals surface area contributed by atoms with Crippen LogP contribution in [0.25, 0.3) is 0 Å². The summed E-state index contributed by atoms with van der Waals surface area (Å²) in [5.74, 6) is 5.14. The fourth-order valence-corrected chi connectivity index (χ4v) is 5.77. The summed E-state index contributed by atoms with van der Waals surface area (Å²) in [5.41, 5.74) is 3.30. The molecular formula is C22H32. The lowest BCUT2D eigenvalue weighted by molar-refractivity contribution is 0.130. The molecule has 1 aromatic rings. The second-order valence-electron chi connectivity index (χ2n) is 8.63. The molecule has 120 valence electrons. The van der Waals surface area contributed by atoms with Crippen LogP contribution in [0, 0.1) is 29.6 Å². The Morgan fingerprint density at radius 1 is 0.591 bits per heavy atom. The van der Waals surface area contributed by atoms with Crippen molar-refractivity contribution in [3.05, 3.63) is 35.4 Å². The molecule has 0 heterocycles. The standard InChI is InChI=1S/C22H32/c1-16-6-8-17(9-7-16)18-10-12-19(13-11-18)22-14-20-4-2-3-5-21(20)15-22/h2-5,16-19,22H,6-15H2,1H3. The molecule has 0 unspecified atom stereocenters. The van der Waals surface area contributed by atoms with E-state index in [0.29, 0.717) is 0 Å². The minimum Gasteiger partial charge on any atom is -0.0625 e. The van der Waals surface area contributed by atoms with E-state index in [0.717, 1.165) is 29.6 Å². The van der Waals surface area contributed by atoms with Crippen LogP contribution in [0.4, 0.5) is 0 Å². The Morgan fingerprint density at radius 3 is 1.50 bits per heavy atom. The molecule has 1 aromatic carbocycles. The number of benzene rings is 1. The van der Waals surface area contributed by atoms with E-state index in [4.69, 9.17) is 0 Å². The third kappa shape index (κ3) is 2.99. The van der Waals surface area contributed by atoms with Gasteiger partial charge in [-0.05, 0) is 92.1 Å². The highest BCUT2D eigenvalue weighted by atomic mass is 14.4. The van der Waals surface area contributed by atoms with Gasteiger partial charge in [-0.15, -0.1) is 0 Å². The van der Waals surface area contributed by atoms with Crippen molar-refractivity contribution in [2.24, 2.45) is 29.6 Å². The van der Waals surface area contributed by atoms with E-state index in [-0.39, 0.29) is 0 Å². The summed E-state index contributed by atoms with van der Waals surface area (Å²) < 4.78 is 0. The van der Waals surface area contributed by atoms with Crippen molar-refractivity contribution < 1.29 is 0 Å². The Kier molecular flexibility index (Phi) is 4.29. The van der Waals surface area contributed by atoms with Gasteiger partial charge in [0.2, 0.25) is 0 Å². The van der Waals surface area contributed by atoms with Crippen LogP contribution in [-0.4, -0.2) is 0 Å². The molecule has 0 atom stereocenters. The van der Waals surface area contributed by atoms with Crippen molar-refractivity contribution in [2.75, 3.05) is 0 Å². The smallest absolute Gasteiger partial charge is 0.0242 e. The predicted molar refractivity (Wildman–Crippen MR) is 93.9 cm³/mol. The van der Waals surface area contributed by atoms with E-state index in [9.17, 15) is 0 Å². The van der Waals surface area contributed by atoms with E-state index in [1.54, 1.807) is 11.1 Å². The zero-order valence-corrected chi connectivity index (χ0v) is 14.3. The first kappa shape index (κ1) is 14.8. The third-order valence-electron chi connectivity index (χ3n) is 7.29. The lowest BCUT2D eigenvalue weighted by Crippen LogP contribution is -2.28. The van der Waals surface area contributed by atoms with E-state index >= 15 is 0 Å². The summed E-state index contributed by atoms with van der Waals surface area (Å²) in [7, 11) is 0. The van der Waals surface area contributed by atoms with Crippen LogP contribution in [0.15, 0.2) is 24.3 Å². The van der Waals surface area contributed by atoms with E-state index in [2.05, 4.69) is 31.2 Å². The van der Waals surface area contributed by atoms with Gasteiger partial charge in [-0.2, -0.15) is 0 Å². The van der Waals surface area contributed by atoms with E-state index in [1.165, 1.54) is 64.2 Å². The first-order valence-electron chi connectivity index (χ1n) is 9.86. The van der Waals surface area contributed by atoms with Crippen LogP contribution in [0.5, 0.6) is 0 Å². The van der Waals surface area contributed by atoms with E-state index < -0.39 is 0 Å². The molecule has 0 aromatic heterocycles. The Labute approximate surface area is 136 Å². The number of hydrogen-bond donors (Lipinski definition) is 0. The molecular weight excluding hydrogens is 264 g/mol. The van der Waals surface area contributed by atoms with Gasteiger partial charge in [0.05, 0.1) is 0 Å². The molecule has 3 aliphatic carbocycles. The number of rotatable bonds is 2. The maximum Gasteiger partial charge on any atom is -0.0242 e. The Bertz CT molecular complexity index is 462. The van der Waals surface area contributed by atoms with Gasteiger partial charge in [-0.3, -0.25) is 0 Å². The van der Waals surface area contributed by atoms with Crippen LogP contribution in [0.1, 0.15) is 69.4 Å². The zero-order valence-electron chi connectivity index (χ0n) is 14.3. The summed E-state index contributed by atoms with van der Waals surface area (Å²) in [5, 5.41) is 0. The van der Waals surface area contributed by atoms with Gasteiger partial charge >= 0.3 is 0 Å². The molecule has 0 radical (unpaired) electrons. The second kappa shape index (κ2) is 6.38. The minimum atomic E-state index is 0.963. The molecule has 0 spiro atoms. The Hall–Kier alpha value is -0.780. The van der Waals surface area contributed by atoms with Crippen molar-refractivity contribution in [1.29, 1.82) is 0 Å². The van der Waals surface area contributed by atoms with Crippen molar-refractivity contribution >= 4 is 0 Å². The average molecular weight is 296 g/mol. The molecule has 0 saturated heterocycles. The van der Waals surface area contributed by atoms with Crippen LogP contribution in [-0.2, 0) is 12.8 Å². The fourth-order valence-electron chi connectivity index (χ4n) is 5.77. The molecule has 4 rings (SSSR count). The van der Waals surface area contributed by atoms with Crippen LogP contribution < -0.4 is 0 Å². The van der Waals surface area contributed by atoms with Crippen molar-refractivity contribution in [3.8, 4) is 0 Å². The molecule has 0 bridgehead atoms. The topological polar surface area (TPSA) is 0 Å². The fraction of sp³-hybridized carbons (Fsp3) is 0.727. The highest BCUT2D eigenvalue weighted by molar-refractivity contribution is 5.32. The number of fused-ring (bicyclic) bond motifs is 1. The lowest BCUT2D eigenvalue weighted by atomic mass is 9.67. The Morgan fingerprint density at radius 2 is 1.00 bits per heavy atom. The van der Waals surface area contributed by atoms with Gasteiger partial charge in [-0.25, -0.2) is 0 Å². The van der Waals surface area contributed by atoms with Gasteiger partial charge in [-0.1, -0.05) is 44.0 Å². The molecule has 0 nitrogen and oxygen atoms in total. The second-order valence-corrected chi connectivity index (χ2v) is 8.63. The lowest BCUT2D eigenvalue weighted by Gasteiger charge is -2.38. The monoisotopic (exact) mass is 296 g/mol. The number of hydrogen-bond acceptors (Lipinski definition) is 0. The van der Waals surface area contributed by atoms with Crippen LogP contribution in [0.3, 0.4) is 0 Å². The molecule has 0 amide bonds. The van der Waals surface area contributed by atoms with Gasteiger partial charge < -0.3 is 0 Å². The highest BCUT2D eigenvalue weighted by Gasteiger charge is 2.34. The molecule has 0 aliphatic heterocycles. The predicted octanol–water partition coefficient (Wildman–Crippen LogP) is 6.03. The molecule has 0 N–H and O–H groups in total. The average Bonchev–Trinajstić information content (AvgIpc) is 3.00. The Balaban J connectivity index is 1.30. The van der Waals surface area contributed by atoms with Gasteiger partial charge in [0.1, 0.15) is 0 Å². The maximum absolute atomic E-state index is 2.45. The summed E-state index contributed by atoms with van der Waals surface area (Å²) in [6.45, 7) is 2.45. The summed E-state index contributed by atoms with van der Waals surface area (Å²) in [6.07, 6.45) is 14.9. The maximum atomic E-state index is 2.45.